The monoisotopic (exact) mass is 532 g/mol. The van der Waals surface area contributed by atoms with Crippen LogP contribution >= 0.6 is 0 Å². The maximum absolute atomic E-state index is 12.3. The highest BCUT2D eigenvalue weighted by Gasteiger charge is 2.31. The van der Waals surface area contributed by atoms with Gasteiger partial charge in [0.2, 0.25) is 5.89 Å². The first-order chi connectivity index (χ1) is 18.2. The van der Waals surface area contributed by atoms with E-state index in [1.54, 1.807) is 28.8 Å². The summed E-state index contributed by atoms with van der Waals surface area (Å²) in [5.74, 6) is 0.602. The van der Waals surface area contributed by atoms with Crippen LogP contribution in [0.5, 0.6) is 23.3 Å². The number of aromatic nitrogens is 3. The van der Waals surface area contributed by atoms with E-state index in [2.05, 4.69) is 14.7 Å². The summed E-state index contributed by atoms with van der Waals surface area (Å²) in [6, 6.07) is 12.3. The van der Waals surface area contributed by atoms with Gasteiger partial charge >= 0.3 is 18.2 Å². The SMILES string of the molecule is O=[N+]([O-])c1cn2c(n1)OC(COc1ccc(-c3coc(COc4ccc(OC(F)(F)F)cc4)n3)cc1)CC2. The molecule has 0 bridgehead atoms. The van der Waals surface area contributed by atoms with Crippen molar-refractivity contribution < 1.29 is 41.5 Å². The Balaban J connectivity index is 1.11. The number of nitro groups is 1. The highest BCUT2D eigenvalue weighted by Crippen LogP contribution is 2.27. The minimum absolute atomic E-state index is 0.0243. The van der Waals surface area contributed by atoms with Gasteiger partial charge < -0.3 is 33.5 Å². The molecule has 4 aromatic rings. The summed E-state index contributed by atoms with van der Waals surface area (Å²) in [6.07, 6.45) is -1.62. The third-order valence-electron chi connectivity index (χ3n) is 5.44. The Labute approximate surface area is 212 Å². The lowest BCUT2D eigenvalue weighted by atomic mass is 10.1. The smallest absolute Gasteiger partial charge is 0.490 e. The van der Waals surface area contributed by atoms with E-state index in [1.807, 2.05) is 0 Å². The molecule has 1 unspecified atom stereocenters. The van der Waals surface area contributed by atoms with E-state index in [0.717, 1.165) is 17.7 Å². The molecule has 14 heteroatoms. The van der Waals surface area contributed by atoms with E-state index in [4.69, 9.17) is 18.6 Å². The van der Waals surface area contributed by atoms with Crippen LogP contribution in [0.4, 0.5) is 19.0 Å². The third-order valence-corrected chi connectivity index (χ3v) is 5.44. The van der Waals surface area contributed by atoms with Gasteiger partial charge in [0.1, 0.15) is 48.1 Å². The second kappa shape index (κ2) is 10.3. The average molecular weight is 532 g/mol. The van der Waals surface area contributed by atoms with Crippen molar-refractivity contribution in [1.82, 2.24) is 14.5 Å². The molecule has 38 heavy (non-hydrogen) atoms. The van der Waals surface area contributed by atoms with Crippen LogP contribution in [-0.4, -0.2) is 38.5 Å². The molecule has 11 nitrogen and oxygen atoms in total. The van der Waals surface area contributed by atoms with Crippen molar-refractivity contribution >= 4 is 5.82 Å². The zero-order valence-corrected chi connectivity index (χ0v) is 19.5. The standard InChI is InChI=1S/C24H19F3N4O7/c25-24(26,27)38-18-7-5-17(6-8-18)35-14-22-28-20(13-36-22)15-1-3-16(4-2-15)34-12-19-9-10-30-11-21(31(32)33)29-23(30)37-19/h1-8,11,13,19H,9-10,12,14H2. The molecule has 0 saturated carbocycles. The molecule has 0 spiro atoms. The maximum Gasteiger partial charge on any atom is 0.573 e. The Morgan fingerprint density at radius 2 is 1.71 bits per heavy atom. The summed E-state index contributed by atoms with van der Waals surface area (Å²) in [6.45, 7) is 0.761. The minimum Gasteiger partial charge on any atom is -0.490 e. The molecule has 0 aliphatic carbocycles. The molecule has 198 valence electrons. The fourth-order valence-electron chi connectivity index (χ4n) is 3.64. The molecule has 0 radical (unpaired) electrons. The van der Waals surface area contributed by atoms with Crippen LogP contribution < -0.4 is 18.9 Å². The van der Waals surface area contributed by atoms with Crippen molar-refractivity contribution in [2.24, 2.45) is 0 Å². The quantitative estimate of drug-likeness (QED) is 0.212. The number of ether oxygens (including phenoxy) is 4. The van der Waals surface area contributed by atoms with Crippen LogP contribution in [0.15, 0.2) is 65.4 Å². The normalized spacial score (nSPS) is 14.9. The van der Waals surface area contributed by atoms with Gasteiger partial charge in [0.15, 0.2) is 6.61 Å². The lowest BCUT2D eigenvalue weighted by Crippen LogP contribution is -2.31. The number of benzene rings is 2. The molecule has 0 fully saturated rings. The van der Waals surface area contributed by atoms with Gasteiger partial charge in [-0.25, -0.2) is 4.98 Å². The fourth-order valence-corrected chi connectivity index (χ4v) is 3.64. The van der Waals surface area contributed by atoms with Gasteiger partial charge in [0.05, 0.1) is 0 Å². The van der Waals surface area contributed by atoms with Crippen molar-refractivity contribution in [3.05, 3.63) is 77.0 Å². The number of rotatable bonds is 9. The molecular formula is C24H19F3N4O7. The summed E-state index contributed by atoms with van der Waals surface area (Å²) in [5, 5.41) is 10.9. The van der Waals surface area contributed by atoms with Crippen molar-refractivity contribution in [3.8, 4) is 34.5 Å². The van der Waals surface area contributed by atoms with Crippen LogP contribution in [0.25, 0.3) is 11.3 Å². The molecule has 1 aliphatic heterocycles. The predicted molar refractivity (Wildman–Crippen MR) is 123 cm³/mol. The number of halogens is 3. The average Bonchev–Trinajstić information content (AvgIpc) is 3.54. The molecule has 1 aliphatic rings. The second-order valence-electron chi connectivity index (χ2n) is 8.13. The van der Waals surface area contributed by atoms with Gasteiger partial charge in [-0.1, -0.05) is 0 Å². The molecular weight excluding hydrogens is 513 g/mol. The van der Waals surface area contributed by atoms with E-state index in [0.29, 0.717) is 30.2 Å². The van der Waals surface area contributed by atoms with E-state index in [1.165, 1.54) is 24.6 Å². The maximum atomic E-state index is 12.3. The fraction of sp³-hybridized carbons (Fsp3) is 0.250. The number of alkyl halides is 3. The lowest BCUT2D eigenvalue weighted by Gasteiger charge is -2.22. The van der Waals surface area contributed by atoms with Crippen molar-refractivity contribution in [2.75, 3.05) is 6.61 Å². The molecule has 3 heterocycles. The summed E-state index contributed by atoms with van der Waals surface area (Å²) in [5.41, 5.74) is 1.33. The van der Waals surface area contributed by atoms with Gasteiger partial charge in [-0.3, -0.25) is 4.57 Å². The Morgan fingerprint density at radius 1 is 1.03 bits per heavy atom. The van der Waals surface area contributed by atoms with Crippen molar-refractivity contribution in [1.29, 1.82) is 0 Å². The number of nitrogens with zero attached hydrogens (tertiary/aromatic N) is 4. The predicted octanol–water partition coefficient (Wildman–Crippen LogP) is 5.15. The summed E-state index contributed by atoms with van der Waals surface area (Å²) < 4.78 is 64.6. The number of hydrogen-bond acceptors (Lipinski definition) is 9. The first kappa shape index (κ1) is 24.9. The minimum atomic E-state index is -4.76. The van der Waals surface area contributed by atoms with Crippen LogP contribution in [0.3, 0.4) is 0 Å². The lowest BCUT2D eigenvalue weighted by molar-refractivity contribution is -0.389. The van der Waals surface area contributed by atoms with E-state index >= 15 is 0 Å². The van der Waals surface area contributed by atoms with Crippen molar-refractivity contribution in [2.45, 2.75) is 32.0 Å². The largest absolute Gasteiger partial charge is 0.573 e. The second-order valence-corrected chi connectivity index (χ2v) is 8.13. The summed E-state index contributed by atoms with van der Waals surface area (Å²) in [4.78, 5) is 18.5. The molecule has 0 saturated heterocycles. The topological polar surface area (TPSA) is 124 Å². The molecule has 2 aromatic heterocycles. The highest BCUT2D eigenvalue weighted by molar-refractivity contribution is 5.58. The van der Waals surface area contributed by atoms with Gasteiger partial charge in [-0.05, 0) is 53.5 Å². The summed E-state index contributed by atoms with van der Waals surface area (Å²) in [7, 11) is 0. The molecule has 1 atom stereocenters. The van der Waals surface area contributed by atoms with E-state index in [9.17, 15) is 23.3 Å². The number of oxazole rings is 1. The molecule has 5 rings (SSSR count). The molecule has 2 aromatic carbocycles. The van der Waals surface area contributed by atoms with Gasteiger partial charge in [0, 0.05) is 23.5 Å². The van der Waals surface area contributed by atoms with Gasteiger partial charge in [-0.15, -0.1) is 13.2 Å². The van der Waals surface area contributed by atoms with Crippen LogP contribution in [0.1, 0.15) is 12.3 Å². The number of fused-ring (bicyclic) bond motifs is 1. The number of imidazole rings is 1. The highest BCUT2D eigenvalue weighted by atomic mass is 19.4. The zero-order chi connectivity index (χ0) is 26.7. The van der Waals surface area contributed by atoms with E-state index in [-0.39, 0.29) is 42.8 Å². The zero-order valence-electron chi connectivity index (χ0n) is 19.5. The first-order valence-electron chi connectivity index (χ1n) is 11.3. The van der Waals surface area contributed by atoms with Gasteiger partial charge in [0.25, 0.3) is 0 Å². The third kappa shape index (κ3) is 6.14. The molecule has 0 amide bonds. The van der Waals surface area contributed by atoms with Crippen LogP contribution in [-0.2, 0) is 13.2 Å². The van der Waals surface area contributed by atoms with Crippen LogP contribution in [0, 0.1) is 10.1 Å². The number of aryl methyl sites for hydroxylation is 1. The summed E-state index contributed by atoms with van der Waals surface area (Å²) >= 11 is 0. The Kier molecular flexibility index (Phi) is 6.77. The Morgan fingerprint density at radius 3 is 2.42 bits per heavy atom. The van der Waals surface area contributed by atoms with Crippen LogP contribution in [0.2, 0.25) is 0 Å². The first-order valence-corrected chi connectivity index (χ1v) is 11.3. The van der Waals surface area contributed by atoms with E-state index < -0.39 is 11.3 Å². The Hall–Kier alpha value is -4.75. The van der Waals surface area contributed by atoms with Crippen molar-refractivity contribution in [3.63, 3.8) is 0 Å². The molecule has 0 N–H and O–H groups in total. The Bertz CT molecular complexity index is 1400. The van der Waals surface area contributed by atoms with Gasteiger partial charge in [-0.2, -0.15) is 0 Å². The number of hydrogen-bond donors (Lipinski definition) is 0.